The highest BCUT2D eigenvalue weighted by atomic mass is 32.2. The number of nitrogens with zero attached hydrogens (tertiary/aromatic N) is 2. The van der Waals surface area contributed by atoms with Crippen molar-refractivity contribution < 1.29 is 9.53 Å². The van der Waals surface area contributed by atoms with Crippen LogP contribution in [0.1, 0.15) is 50.2 Å². The van der Waals surface area contributed by atoms with Gasteiger partial charge in [-0.25, -0.2) is 0 Å². The number of rotatable bonds is 10. The van der Waals surface area contributed by atoms with Gasteiger partial charge in [0.2, 0.25) is 0 Å². The van der Waals surface area contributed by atoms with Gasteiger partial charge in [0.25, 0.3) is 5.91 Å². The Bertz CT molecular complexity index is 909. The molecule has 0 N–H and O–H groups in total. The maximum absolute atomic E-state index is 12.7. The fraction of sp³-hybridized carbons (Fsp3) is 0.292. The van der Waals surface area contributed by atoms with Crippen LogP contribution in [0.15, 0.2) is 64.6 Å². The molecule has 3 rings (SSSR count). The number of benzene rings is 2. The number of ether oxygens (including phenoxy) is 1. The Kier molecular flexibility index (Phi) is 8.66. The molecule has 2 aromatic carbocycles. The molecule has 30 heavy (non-hydrogen) atoms. The smallest absolute Gasteiger partial charge is 0.286 e. The third kappa shape index (κ3) is 6.54. The van der Waals surface area contributed by atoms with Gasteiger partial charge in [0.05, 0.1) is 17.7 Å². The maximum Gasteiger partial charge on any atom is 0.286 e. The number of thiocarbonyl (C=S) groups is 1. The van der Waals surface area contributed by atoms with E-state index < -0.39 is 0 Å². The number of unbranched alkanes of at least 4 members (excludes halogenated alkanes) is 4. The quantitative estimate of drug-likeness (QED) is 0.190. The number of hydrazone groups is 1. The summed E-state index contributed by atoms with van der Waals surface area (Å²) in [7, 11) is 0. The van der Waals surface area contributed by atoms with E-state index in [1.807, 2.05) is 60.7 Å². The second-order valence-corrected chi connectivity index (χ2v) is 8.66. The molecular formula is C24H26N2O2S2. The highest BCUT2D eigenvalue weighted by molar-refractivity contribution is 8.26. The number of carbonyl (C=O) groups is 1. The highest BCUT2D eigenvalue weighted by Gasteiger charge is 2.31. The molecule has 1 aliphatic rings. The molecule has 1 aliphatic heterocycles. The first-order chi connectivity index (χ1) is 14.7. The van der Waals surface area contributed by atoms with Crippen LogP contribution >= 0.6 is 24.0 Å². The lowest BCUT2D eigenvalue weighted by atomic mass is 10.2. The van der Waals surface area contributed by atoms with Crippen molar-refractivity contribution in [3.8, 4) is 5.75 Å². The summed E-state index contributed by atoms with van der Waals surface area (Å²) < 4.78 is 6.23. The van der Waals surface area contributed by atoms with Gasteiger partial charge in [-0.1, -0.05) is 86.8 Å². The normalized spacial score (nSPS) is 15.5. The second-order valence-electron chi connectivity index (χ2n) is 6.98. The third-order valence-electron chi connectivity index (χ3n) is 4.59. The van der Waals surface area contributed by atoms with Crippen molar-refractivity contribution >= 4 is 46.5 Å². The van der Waals surface area contributed by atoms with Gasteiger partial charge in [0, 0.05) is 0 Å². The van der Waals surface area contributed by atoms with Crippen LogP contribution in [-0.4, -0.2) is 28.1 Å². The van der Waals surface area contributed by atoms with E-state index in [1.54, 1.807) is 6.21 Å². The van der Waals surface area contributed by atoms with Crippen molar-refractivity contribution in [1.82, 2.24) is 5.01 Å². The Hall–Kier alpha value is -2.44. The largest absolute Gasteiger partial charge is 0.494 e. The summed E-state index contributed by atoms with van der Waals surface area (Å²) in [6.45, 7) is 2.95. The van der Waals surface area contributed by atoms with Crippen LogP contribution in [-0.2, 0) is 4.79 Å². The first-order valence-corrected chi connectivity index (χ1v) is 11.5. The minimum Gasteiger partial charge on any atom is -0.494 e. The van der Waals surface area contributed by atoms with Crippen LogP contribution in [0.25, 0.3) is 6.08 Å². The van der Waals surface area contributed by atoms with Gasteiger partial charge in [-0.3, -0.25) is 4.79 Å². The Balaban J connectivity index is 1.55. The Labute approximate surface area is 188 Å². The van der Waals surface area contributed by atoms with Crippen LogP contribution in [0.2, 0.25) is 0 Å². The van der Waals surface area contributed by atoms with Gasteiger partial charge in [0.1, 0.15) is 5.75 Å². The zero-order chi connectivity index (χ0) is 21.2. The molecule has 2 aromatic rings. The lowest BCUT2D eigenvalue weighted by Crippen LogP contribution is -2.22. The molecule has 0 saturated carbocycles. The molecule has 1 saturated heterocycles. The minimum atomic E-state index is -0.204. The number of amides is 1. The van der Waals surface area contributed by atoms with E-state index in [4.69, 9.17) is 17.0 Å². The van der Waals surface area contributed by atoms with Gasteiger partial charge >= 0.3 is 0 Å². The third-order valence-corrected chi connectivity index (χ3v) is 5.87. The molecule has 4 nitrogen and oxygen atoms in total. The van der Waals surface area contributed by atoms with E-state index >= 15 is 0 Å². The average Bonchev–Trinajstić information content (AvgIpc) is 3.03. The van der Waals surface area contributed by atoms with E-state index in [0.29, 0.717) is 9.23 Å². The monoisotopic (exact) mass is 438 g/mol. The molecule has 1 amide bonds. The zero-order valence-corrected chi connectivity index (χ0v) is 18.8. The highest BCUT2D eigenvalue weighted by Crippen LogP contribution is 2.33. The molecule has 6 heteroatoms. The summed E-state index contributed by atoms with van der Waals surface area (Å²) in [5, 5.41) is 5.53. The van der Waals surface area contributed by atoms with Crippen LogP contribution in [0.3, 0.4) is 0 Å². The van der Waals surface area contributed by atoms with Gasteiger partial charge in [0.15, 0.2) is 4.32 Å². The summed E-state index contributed by atoms with van der Waals surface area (Å²) in [6, 6.07) is 17.4. The van der Waals surface area contributed by atoms with Crippen molar-refractivity contribution in [3.63, 3.8) is 0 Å². The average molecular weight is 439 g/mol. The lowest BCUT2D eigenvalue weighted by Gasteiger charge is -2.07. The standard InChI is InChI=1S/C24H26N2O2S2/c1-2-3-4-5-9-16-28-21-14-12-19(13-15-21)17-22-23(27)26(24(29)30-22)25-18-20-10-7-6-8-11-20/h6-8,10-15,17-18H,2-5,9,16H2,1H3/b22-17+,25-18-. The Morgan fingerprint density at radius 3 is 2.47 bits per heavy atom. The maximum atomic E-state index is 12.7. The van der Waals surface area contributed by atoms with Gasteiger partial charge in [-0.15, -0.1) is 0 Å². The Morgan fingerprint density at radius 2 is 1.73 bits per heavy atom. The summed E-state index contributed by atoms with van der Waals surface area (Å²) in [4.78, 5) is 13.2. The number of carbonyl (C=O) groups excluding carboxylic acids is 1. The molecule has 0 spiro atoms. The minimum absolute atomic E-state index is 0.204. The van der Waals surface area contributed by atoms with Crippen molar-refractivity contribution in [3.05, 3.63) is 70.6 Å². The van der Waals surface area contributed by atoms with Crippen LogP contribution in [0.4, 0.5) is 0 Å². The Morgan fingerprint density at radius 1 is 1.00 bits per heavy atom. The van der Waals surface area contributed by atoms with E-state index in [-0.39, 0.29) is 5.91 Å². The van der Waals surface area contributed by atoms with Crippen molar-refractivity contribution in [2.24, 2.45) is 5.10 Å². The zero-order valence-electron chi connectivity index (χ0n) is 17.1. The number of hydrogen-bond donors (Lipinski definition) is 0. The molecule has 0 aliphatic carbocycles. The van der Waals surface area contributed by atoms with Crippen molar-refractivity contribution in [2.75, 3.05) is 6.61 Å². The lowest BCUT2D eigenvalue weighted by molar-refractivity contribution is -0.122. The second kappa shape index (κ2) is 11.7. The topological polar surface area (TPSA) is 41.9 Å². The SMILES string of the molecule is CCCCCCCOc1ccc(/C=C2/SC(=S)N(/N=C\c3ccccc3)C2=O)cc1. The molecule has 156 valence electrons. The first kappa shape index (κ1) is 22.2. The molecule has 1 fully saturated rings. The van der Waals surface area contributed by atoms with Crippen LogP contribution < -0.4 is 4.74 Å². The van der Waals surface area contributed by atoms with E-state index in [0.717, 1.165) is 29.9 Å². The molecular weight excluding hydrogens is 412 g/mol. The molecule has 0 bridgehead atoms. The molecule has 0 unspecified atom stereocenters. The summed E-state index contributed by atoms with van der Waals surface area (Å²) in [5.41, 5.74) is 1.84. The van der Waals surface area contributed by atoms with E-state index in [2.05, 4.69) is 12.0 Å². The molecule has 0 aromatic heterocycles. The van der Waals surface area contributed by atoms with E-state index in [1.165, 1.54) is 42.5 Å². The predicted molar refractivity (Wildman–Crippen MR) is 130 cm³/mol. The predicted octanol–water partition coefficient (Wildman–Crippen LogP) is 6.27. The fourth-order valence-electron chi connectivity index (χ4n) is 2.93. The number of hydrogen-bond acceptors (Lipinski definition) is 5. The molecule has 0 atom stereocenters. The first-order valence-electron chi connectivity index (χ1n) is 10.3. The summed E-state index contributed by atoms with van der Waals surface area (Å²) in [5.74, 6) is 0.646. The van der Waals surface area contributed by atoms with Crippen molar-refractivity contribution in [2.45, 2.75) is 39.0 Å². The summed E-state index contributed by atoms with van der Waals surface area (Å²) in [6.07, 6.45) is 9.58. The van der Waals surface area contributed by atoms with E-state index in [9.17, 15) is 4.79 Å². The molecule has 0 radical (unpaired) electrons. The van der Waals surface area contributed by atoms with Crippen LogP contribution in [0, 0.1) is 0 Å². The molecule has 1 heterocycles. The fourth-order valence-corrected chi connectivity index (χ4v) is 4.10. The summed E-state index contributed by atoms with van der Waals surface area (Å²) >= 11 is 6.59. The van der Waals surface area contributed by atoms with Gasteiger partial charge in [-0.2, -0.15) is 10.1 Å². The van der Waals surface area contributed by atoms with Gasteiger partial charge < -0.3 is 4.74 Å². The van der Waals surface area contributed by atoms with Crippen molar-refractivity contribution in [1.29, 1.82) is 0 Å². The van der Waals surface area contributed by atoms with Gasteiger partial charge in [-0.05, 0) is 48.0 Å². The van der Waals surface area contributed by atoms with Crippen LogP contribution in [0.5, 0.6) is 5.75 Å². The number of thioether (sulfide) groups is 1.